The molecule has 0 aliphatic carbocycles. The number of hydrogen-bond acceptors (Lipinski definition) is 0. The lowest BCUT2D eigenvalue weighted by atomic mass is 9.70. The minimum Gasteiger partial charge on any atom is -0.0999 e. The van der Waals surface area contributed by atoms with E-state index in [9.17, 15) is 0 Å². The molecule has 0 amide bonds. The Morgan fingerprint density at radius 2 is 1.82 bits per heavy atom. The highest BCUT2D eigenvalue weighted by Gasteiger charge is 2.29. The van der Waals surface area contributed by atoms with Crippen LogP contribution in [0.4, 0.5) is 0 Å². The van der Waals surface area contributed by atoms with Crippen LogP contribution in [-0.2, 0) is 0 Å². The van der Waals surface area contributed by atoms with Gasteiger partial charge in [-0.15, -0.1) is 0 Å². The summed E-state index contributed by atoms with van der Waals surface area (Å²) in [5.41, 5.74) is 6.73. The molecule has 2 atom stereocenters. The van der Waals surface area contributed by atoms with Crippen LogP contribution in [0.25, 0.3) is 5.57 Å². The van der Waals surface area contributed by atoms with E-state index in [0.717, 1.165) is 12.8 Å². The molecule has 0 N–H and O–H groups in total. The average Bonchev–Trinajstić information content (AvgIpc) is 2.45. The highest BCUT2D eigenvalue weighted by Crippen LogP contribution is 2.43. The second-order valence-corrected chi connectivity index (χ2v) is 7.10. The second-order valence-electron chi connectivity index (χ2n) is 7.10. The Morgan fingerprint density at radius 3 is 2.27 bits per heavy atom. The van der Waals surface area contributed by atoms with Gasteiger partial charge in [0.05, 0.1) is 0 Å². The van der Waals surface area contributed by atoms with Crippen molar-refractivity contribution in [2.24, 2.45) is 11.3 Å². The quantitative estimate of drug-likeness (QED) is 0.476. The van der Waals surface area contributed by atoms with Crippen molar-refractivity contribution in [2.45, 2.75) is 54.4 Å². The minimum absolute atomic E-state index is 0.0997. The number of rotatable bonds is 7. The fraction of sp³-hybridized carbons (Fsp3) is 0.455. The molecule has 0 heteroatoms. The fourth-order valence-electron chi connectivity index (χ4n) is 2.95. The van der Waals surface area contributed by atoms with Crippen molar-refractivity contribution in [1.82, 2.24) is 0 Å². The third kappa shape index (κ3) is 4.47. The summed E-state index contributed by atoms with van der Waals surface area (Å²) in [6, 6.07) is 8.65. The molecule has 0 aromatic heterocycles. The van der Waals surface area contributed by atoms with Crippen molar-refractivity contribution in [3.8, 4) is 0 Å². The zero-order valence-electron chi connectivity index (χ0n) is 15.3. The van der Waals surface area contributed by atoms with Crippen LogP contribution in [0.5, 0.6) is 0 Å². The predicted molar refractivity (Wildman–Crippen MR) is 101 cm³/mol. The summed E-state index contributed by atoms with van der Waals surface area (Å²) in [7, 11) is 0. The monoisotopic (exact) mass is 296 g/mol. The van der Waals surface area contributed by atoms with Crippen molar-refractivity contribution < 1.29 is 0 Å². The van der Waals surface area contributed by atoms with Gasteiger partial charge in [-0.25, -0.2) is 0 Å². The molecule has 1 aromatic rings. The van der Waals surface area contributed by atoms with Gasteiger partial charge in [-0.05, 0) is 68.6 Å². The van der Waals surface area contributed by atoms with Crippen molar-refractivity contribution in [2.75, 3.05) is 0 Å². The van der Waals surface area contributed by atoms with Gasteiger partial charge in [-0.2, -0.15) is 0 Å². The summed E-state index contributed by atoms with van der Waals surface area (Å²) in [6.45, 7) is 21.6. The summed E-state index contributed by atoms with van der Waals surface area (Å²) < 4.78 is 0. The summed E-state index contributed by atoms with van der Waals surface area (Å²) in [5, 5.41) is 0. The smallest absolute Gasteiger partial charge is 0.00758 e. The lowest BCUT2D eigenvalue weighted by molar-refractivity contribution is 0.329. The first-order valence-corrected chi connectivity index (χ1v) is 8.24. The molecule has 0 spiro atoms. The van der Waals surface area contributed by atoms with Gasteiger partial charge in [0, 0.05) is 0 Å². The van der Waals surface area contributed by atoms with Crippen LogP contribution in [0.3, 0.4) is 0 Å². The number of allylic oxidation sites excluding steroid dienone is 4. The van der Waals surface area contributed by atoms with Gasteiger partial charge in [-0.1, -0.05) is 68.5 Å². The van der Waals surface area contributed by atoms with E-state index in [0.29, 0.717) is 5.92 Å². The summed E-state index contributed by atoms with van der Waals surface area (Å²) in [4.78, 5) is 0. The normalized spacial score (nSPS) is 16.0. The molecule has 0 heterocycles. The summed E-state index contributed by atoms with van der Waals surface area (Å²) in [6.07, 6.45) is 4.39. The molecule has 0 bridgehead atoms. The van der Waals surface area contributed by atoms with Gasteiger partial charge in [0.25, 0.3) is 0 Å². The van der Waals surface area contributed by atoms with E-state index >= 15 is 0 Å². The fourth-order valence-corrected chi connectivity index (χ4v) is 2.95. The SMILES string of the molecule is C=C(C)C(C)CC(C)(C/C(=C/C)c1ccccc1C)C(=C)C. The topological polar surface area (TPSA) is 0 Å². The molecule has 0 nitrogen and oxygen atoms in total. The minimum atomic E-state index is 0.0997. The predicted octanol–water partition coefficient (Wildman–Crippen LogP) is 6.97. The van der Waals surface area contributed by atoms with Crippen molar-refractivity contribution in [3.63, 3.8) is 0 Å². The molecule has 120 valence electrons. The largest absolute Gasteiger partial charge is 0.0999 e. The van der Waals surface area contributed by atoms with Gasteiger partial charge in [0.1, 0.15) is 0 Å². The Balaban J connectivity index is 3.11. The maximum Gasteiger partial charge on any atom is -0.00758 e. The molecule has 0 radical (unpaired) electrons. The molecule has 2 unspecified atom stereocenters. The van der Waals surface area contributed by atoms with Crippen LogP contribution in [-0.4, -0.2) is 0 Å². The van der Waals surface area contributed by atoms with Crippen LogP contribution in [0.15, 0.2) is 54.6 Å². The van der Waals surface area contributed by atoms with E-state index in [1.165, 1.54) is 27.8 Å². The Labute approximate surface area is 137 Å². The Kier molecular flexibility index (Phi) is 6.41. The molecule has 1 rings (SSSR count). The standard InChI is InChI=1S/C22H32/c1-9-20(21-13-11-10-12-18(21)6)15-22(8,17(4)5)14-19(7)16(2)3/h9-13,19H,2,4,14-15H2,1,3,5-8H3/b20-9-. The zero-order valence-corrected chi connectivity index (χ0v) is 15.3. The molecular weight excluding hydrogens is 264 g/mol. The van der Waals surface area contributed by atoms with Gasteiger partial charge >= 0.3 is 0 Å². The maximum absolute atomic E-state index is 4.29. The van der Waals surface area contributed by atoms with Crippen LogP contribution in [0.2, 0.25) is 0 Å². The number of benzene rings is 1. The lowest BCUT2D eigenvalue weighted by Crippen LogP contribution is -2.22. The van der Waals surface area contributed by atoms with Crippen LogP contribution >= 0.6 is 0 Å². The highest BCUT2D eigenvalue weighted by molar-refractivity contribution is 5.68. The Hall–Kier alpha value is -1.56. The van der Waals surface area contributed by atoms with E-state index in [-0.39, 0.29) is 5.41 Å². The second kappa shape index (κ2) is 7.63. The molecule has 1 aromatic carbocycles. The molecule has 0 aliphatic heterocycles. The first-order valence-electron chi connectivity index (χ1n) is 8.24. The van der Waals surface area contributed by atoms with Gasteiger partial charge < -0.3 is 0 Å². The first-order chi connectivity index (χ1) is 10.2. The van der Waals surface area contributed by atoms with Gasteiger partial charge in [0.15, 0.2) is 0 Å². The summed E-state index contributed by atoms with van der Waals surface area (Å²) in [5.74, 6) is 0.511. The molecule has 0 saturated heterocycles. The molecule has 0 aliphatic rings. The van der Waals surface area contributed by atoms with E-state index < -0.39 is 0 Å². The van der Waals surface area contributed by atoms with Gasteiger partial charge in [-0.3, -0.25) is 0 Å². The van der Waals surface area contributed by atoms with Crippen molar-refractivity contribution >= 4 is 5.57 Å². The van der Waals surface area contributed by atoms with E-state index in [1.807, 2.05) is 0 Å². The van der Waals surface area contributed by atoms with E-state index in [4.69, 9.17) is 0 Å². The van der Waals surface area contributed by atoms with Crippen molar-refractivity contribution in [3.05, 3.63) is 65.8 Å². The molecule has 0 saturated carbocycles. The van der Waals surface area contributed by atoms with E-state index in [1.54, 1.807) is 0 Å². The number of hydrogen-bond donors (Lipinski definition) is 0. The third-order valence-corrected chi connectivity index (χ3v) is 5.05. The summed E-state index contributed by atoms with van der Waals surface area (Å²) >= 11 is 0. The number of aryl methyl sites for hydroxylation is 1. The molecule has 22 heavy (non-hydrogen) atoms. The van der Waals surface area contributed by atoms with Gasteiger partial charge in [0.2, 0.25) is 0 Å². The first kappa shape index (κ1) is 18.5. The highest BCUT2D eigenvalue weighted by atomic mass is 14.3. The van der Waals surface area contributed by atoms with Crippen LogP contribution < -0.4 is 0 Å². The van der Waals surface area contributed by atoms with E-state index in [2.05, 4.69) is 85.0 Å². The Bertz CT molecular complexity index is 573. The Morgan fingerprint density at radius 1 is 1.23 bits per heavy atom. The zero-order chi connectivity index (χ0) is 16.9. The van der Waals surface area contributed by atoms with Crippen LogP contribution in [0.1, 0.15) is 58.6 Å². The van der Waals surface area contributed by atoms with Crippen LogP contribution in [0, 0.1) is 18.3 Å². The molecule has 0 fully saturated rings. The molecular formula is C22H32. The lowest BCUT2D eigenvalue weighted by Gasteiger charge is -2.35. The maximum atomic E-state index is 4.29. The third-order valence-electron chi connectivity index (χ3n) is 5.05. The average molecular weight is 296 g/mol. The van der Waals surface area contributed by atoms with Crippen molar-refractivity contribution in [1.29, 1.82) is 0 Å².